The third kappa shape index (κ3) is 6.19. The summed E-state index contributed by atoms with van der Waals surface area (Å²) < 4.78 is 13.1. The van der Waals surface area contributed by atoms with Crippen LogP contribution < -0.4 is 15.1 Å². The highest BCUT2D eigenvalue weighted by atomic mass is 16.6. The molecule has 2 aliphatic rings. The van der Waals surface area contributed by atoms with E-state index in [2.05, 4.69) is 9.88 Å². The van der Waals surface area contributed by atoms with Crippen LogP contribution in [0.15, 0.2) is 35.3 Å². The van der Waals surface area contributed by atoms with E-state index in [0.29, 0.717) is 36.7 Å². The normalized spacial score (nSPS) is 19.9. The minimum atomic E-state index is -0.951. The van der Waals surface area contributed by atoms with Crippen molar-refractivity contribution in [2.75, 3.05) is 31.7 Å². The van der Waals surface area contributed by atoms with Crippen LogP contribution in [-0.2, 0) is 11.3 Å². The fraction of sp³-hybridized carbons (Fsp3) is 0.562. The quantitative estimate of drug-likeness (QED) is 0.402. The first-order valence-corrected chi connectivity index (χ1v) is 15.0. The number of fused-ring (bicyclic) bond motifs is 2. The van der Waals surface area contributed by atoms with Crippen molar-refractivity contribution in [2.45, 2.75) is 90.1 Å². The highest BCUT2D eigenvalue weighted by molar-refractivity contribution is 5.78. The average Bonchev–Trinajstić information content (AvgIpc) is 2.93. The van der Waals surface area contributed by atoms with Crippen molar-refractivity contribution in [3.8, 4) is 5.75 Å². The standard InChI is InChI=1S/C32H43N5O6/c1-19(15-22(39)18-38)27-28(35-13-14-36(25-12-11-24(25)35)31(41)43-32(3,4)5)29(40)26-30(33-16-20(2)34-26)37(27)17-21-7-9-23(42-6)10-8-21/h7-10,16,19,22,24-25,38-39H,11-15,17-18H2,1-6H3/t19?,22?,24-,25-/m0/s1. The van der Waals surface area contributed by atoms with Crippen molar-refractivity contribution >= 4 is 22.9 Å². The predicted molar refractivity (Wildman–Crippen MR) is 164 cm³/mol. The Labute approximate surface area is 252 Å². The van der Waals surface area contributed by atoms with Gasteiger partial charge in [-0.15, -0.1) is 0 Å². The summed E-state index contributed by atoms with van der Waals surface area (Å²) in [6, 6.07) is 7.59. The van der Waals surface area contributed by atoms with Crippen LogP contribution >= 0.6 is 0 Å². The minimum absolute atomic E-state index is 0.0626. The molecule has 2 unspecified atom stereocenters. The minimum Gasteiger partial charge on any atom is -0.497 e. The lowest BCUT2D eigenvalue weighted by Gasteiger charge is -2.54. The number of ether oxygens (including phenoxy) is 2. The number of anilines is 1. The number of benzene rings is 1. The maximum Gasteiger partial charge on any atom is 0.410 e. The molecule has 2 aromatic heterocycles. The summed E-state index contributed by atoms with van der Waals surface area (Å²) in [5, 5.41) is 20.2. The van der Waals surface area contributed by atoms with Gasteiger partial charge in [0, 0.05) is 31.6 Å². The molecule has 1 amide bonds. The van der Waals surface area contributed by atoms with Crippen molar-refractivity contribution in [3.63, 3.8) is 0 Å². The van der Waals surface area contributed by atoms with E-state index < -0.39 is 11.7 Å². The third-order valence-electron chi connectivity index (χ3n) is 8.40. The highest BCUT2D eigenvalue weighted by Crippen LogP contribution is 2.40. The molecule has 3 aromatic rings. The second-order valence-corrected chi connectivity index (χ2v) is 12.7. The second-order valence-electron chi connectivity index (χ2n) is 12.7. The Hall–Kier alpha value is -3.70. The van der Waals surface area contributed by atoms with E-state index in [9.17, 15) is 19.8 Å². The number of aromatic nitrogens is 3. The average molecular weight is 594 g/mol. The Morgan fingerprint density at radius 3 is 2.44 bits per heavy atom. The molecule has 232 valence electrons. The van der Waals surface area contributed by atoms with Crippen LogP contribution in [-0.4, -0.2) is 86.3 Å². The zero-order chi connectivity index (χ0) is 31.1. The Kier molecular flexibility index (Phi) is 8.67. The molecular formula is C32H43N5O6. The molecule has 0 bridgehead atoms. The lowest BCUT2D eigenvalue weighted by molar-refractivity contribution is -0.00453. The van der Waals surface area contributed by atoms with E-state index in [0.717, 1.165) is 29.8 Å². The molecule has 2 fully saturated rings. The zero-order valence-electron chi connectivity index (χ0n) is 25.9. The lowest BCUT2D eigenvalue weighted by Crippen LogP contribution is -2.67. The number of aliphatic hydroxyl groups excluding tert-OH is 2. The molecule has 0 radical (unpaired) electrons. The number of piperazine rings is 1. The van der Waals surface area contributed by atoms with E-state index in [-0.39, 0.29) is 48.1 Å². The molecule has 5 rings (SSSR count). The number of hydrogen-bond acceptors (Lipinski definition) is 9. The molecule has 11 heteroatoms. The molecule has 1 saturated heterocycles. The van der Waals surface area contributed by atoms with Crippen molar-refractivity contribution in [1.29, 1.82) is 0 Å². The van der Waals surface area contributed by atoms with Crippen molar-refractivity contribution in [1.82, 2.24) is 19.4 Å². The molecule has 11 nitrogen and oxygen atoms in total. The van der Waals surface area contributed by atoms with Crippen molar-refractivity contribution < 1.29 is 24.5 Å². The summed E-state index contributed by atoms with van der Waals surface area (Å²) in [6.07, 6.45) is 2.27. The number of hydrogen-bond donors (Lipinski definition) is 2. The summed E-state index contributed by atoms with van der Waals surface area (Å²) >= 11 is 0. The van der Waals surface area contributed by atoms with E-state index >= 15 is 0 Å². The van der Waals surface area contributed by atoms with Gasteiger partial charge in [0.05, 0.1) is 43.4 Å². The monoisotopic (exact) mass is 593 g/mol. The Morgan fingerprint density at radius 2 is 1.84 bits per heavy atom. The number of methoxy groups -OCH3 is 1. The van der Waals surface area contributed by atoms with Crippen LogP contribution in [0.1, 0.15) is 69.8 Å². The fourth-order valence-corrected chi connectivity index (χ4v) is 6.30. The molecule has 1 aliphatic carbocycles. The number of nitrogens with zero attached hydrogens (tertiary/aromatic N) is 5. The van der Waals surface area contributed by atoms with Crippen LogP contribution in [0.5, 0.6) is 5.75 Å². The van der Waals surface area contributed by atoms with Gasteiger partial charge in [-0.05, 0) is 64.7 Å². The smallest absolute Gasteiger partial charge is 0.410 e. The number of rotatable bonds is 8. The third-order valence-corrected chi connectivity index (χ3v) is 8.40. The SMILES string of the molecule is COc1ccc(Cn2c(C(C)CC(O)CO)c(N3CCN(C(=O)OC(C)(C)C)[C@H]4CC[C@@H]43)c(=O)c3nc(C)cnc32)cc1. The summed E-state index contributed by atoms with van der Waals surface area (Å²) in [4.78, 5) is 40.8. The van der Waals surface area contributed by atoms with Gasteiger partial charge in [-0.25, -0.2) is 14.8 Å². The van der Waals surface area contributed by atoms with Crippen LogP contribution in [0.4, 0.5) is 10.5 Å². The van der Waals surface area contributed by atoms with Gasteiger partial charge in [0.1, 0.15) is 17.0 Å². The van der Waals surface area contributed by atoms with E-state index in [1.165, 1.54) is 0 Å². The van der Waals surface area contributed by atoms with Crippen LogP contribution in [0.25, 0.3) is 11.2 Å². The largest absolute Gasteiger partial charge is 0.497 e. The van der Waals surface area contributed by atoms with E-state index in [1.54, 1.807) is 18.2 Å². The van der Waals surface area contributed by atoms with Gasteiger partial charge >= 0.3 is 6.09 Å². The Balaban J connectivity index is 1.66. The van der Waals surface area contributed by atoms with Crippen molar-refractivity contribution in [2.24, 2.45) is 0 Å². The zero-order valence-corrected chi connectivity index (χ0v) is 25.9. The Bertz CT molecular complexity index is 1530. The van der Waals surface area contributed by atoms with Crippen LogP contribution in [0.3, 0.4) is 0 Å². The molecular weight excluding hydrogens is 550 g/mol. The number of carbonyl (C=O) groups is 1. The van der Waals surface area contributed by atoms with Crippen molar-refractivity contribution in [3.05, 3.63) is 57.6 Å². The van der Waals surface area contributed by atoms with Gasteiger partial charge in [-0.3, -0.25) is 4.79 Å². The first kappa shape index (κ1) is 30.7. The number of amides is 1. The summed E-state index contributed by atoms with van der Waals surface area (Å²) in [6.45, 7) is 10.2. The molecule has 1 aromatic carbocycles. The number of pyridine rings is 1. The van der Waals surface area contributed by atoms with Gasteiger partial charge in [-0.1, -0.05) is 19.1 Å². The molecule has 3 heterocycles. The van der Waals surface area contributed by atoms with E-state index in [1.807, 2.05) is 63.5 Å². The van der Waals surface area contributed by atoms with Gasteiger partial charge in [0.2, 0.25) is 5.43 Å². The second kappa shape index (κ2) is 12.1. The van der Waals surface area contributed by atoms with Crippen LogP contribution in [0.2, 0.25) is 0 Å². The lowest BCUT2D eigenvalue weighted by atomic mass is 9.81. The van der Waals surface area contributed by atoms with Gasteiger partial charge in [0.15, 0.2) is 11.2 Å². The maximum atomic E-state index is 14.4. The molecule has 1 aliphatic heterocycles. The first-order chi connectivity index (χ1) is 20.4. The van der Waals surface area contributed by atoms with Gasteiger partial charge in [0.25, 0.3) is 0 Å². The molecule has 0 spiro atoms. The molecule has 1 saturated carbocycles. The van der Waals surface area contributed by atoms with E-state index in [4.69, 9.17) is 14.5 Å². The summed E-state index contributed by atoms with van der Waals surface area (Å²) in [5.41, 5.74) is 2.81. The van der Waals surface area contributed by atoms with Gasteiger partial charge in [-0.2, -0.15) is 0 Å². The molecule has 2 N–H and O–H groups in total. The Morgan fingerprint density at radius 1 is 1.14 bits per heavy atom. The maximum absolute atomic E-state index is 14.4. The van der Waals surface area contributed by atoms with Gasteiger partial charge < -0.3 is 34.1 Å². The topological polar surface area (TPSA) is 130 Å². The first-order valence-electron chi connectivity index (χ1n) is 15.0. The predicted octanol–water partition coefficient (Wildman–Crippen LogP) is 3.59. The highest BCUT2D eigenvalue weighted by Gasteiger charge is 2.47. The fourth-order valence-electron chi connectivity index (χ4n) is 6.30. The number of carbonyl (C=O) groups excluding carboxylic acids is 1. The molecule has 43 heavy (non-hydrogen) atoms. The number of aryl methyl sites for hydroxylation is 1. The summed E-state index contributed by atoms with van der Waals surface area (Å²) in [5.74, 6) is 0.432. The number of aliphatic hydroxyl groups is 2. The molecule has 4 atom stereocenters. The van der Waals surface area contributed by atoms with Crippen LogP contribution in [0, 0.1) is 6.92 Å². The summed E-state index contributed by atoms with van der Waals surface area (Å²) in [7, 11) is 1.62.